The molecule has 0 saturated carbocycles. The van der Waals surface area contributed by atoms with Gasteiger partial charge in [-0.1, -0.05) is 19.1 Å². The van der Waals surface area contributed by atoms with Crippen LogP contribution in [-0.2, 0) is 4.79 Å². The van der Waals surface area contributed by atoms with Crippen molar-refractivity contribution < 1.29 is 9.59 Å². The summed E-state index contributed by atoms with van der Waals surface area (Å²) in [5.41, 5.74) is 6.24. The molecule has 0 unspecified atom stereocenters. The van der Waals surface area contributed by atoms with E-state index >= 15 is 0 Å². The topological polar surface area (TPSA) is 84.2 Å². The van der Waals surface area contributed by atoms with Crippen LogP contribution in [0.25, 0.3) is 0 Å². The van der Waals surface area contributed by atoms with E-state index < -0.39 is 5.91 Å². The summed E-state index contributed by atoms with van der Waals surface area (Å²) in [6, 6.07) is 7.16. The molecular formula is C12H17N3O2. The van der Waals surface area contributed by atoms with E-state index in [-0.39, 0.29) is 12.5 Å². The molecule has 0 aliphatic rings. The van der Waals surface area contributed by atoms with Crippen molar-refractivity contribution in [1.29, 1.82) is 0 Å². The van der Waals surface area contributed by atoms with Gasteiger partial charge in [0.05, 0.1) is 12.1 Å². The van der Waals surface area contributed by atoms with Gasteiger partial charge in [-0.05, 0) is 18.6 Å². The van der Waals surface area contributed by atoms with E-state index in [4.69, 9.17) is 5.73 Å². The predicted molar refractivity (Wildman–Crippen MR) is 66.8 cm³/mol. The second-order valence-corrected chi connectivity index (χ2v) is 3.62. The molecule has 0 fully saturated rings. The lowest BCUT2D eigenvalue weighted by Crippen LogP contribution is -2.33. The molecule has 1 aromatic carbocycles. The molecular weight excluding hydrogens is 218 g/mol. The summed E-state index contributed by atoms with van der Waals surface area (Å²) in [4.78, 5) is 22.4. The van der Waals surface area contributed by atoms with E-state index in [1.54, 1.807) is 12.1 Å². The van der Waals surface area contributed by atoms with Crippen LogP contribution in [0.2, 0.25) is 0 Å². The average molecular weight is 235 g/mol. The van der Waals surface area contributed by atoms with Crippen LogP contribution in [0.4, 0.5) is 5.69 Å². The summed E-state index contributed by atoms with van der Waals surface area (Å²) in [5, 5.41) is 5.62. The van der Waals surface area contributed by atoms with Crippen molar-refractivity contribution in [2.24, 2.45) is 5.73 Å². The highest BCUT2D eigenvalue weighted by atomic mass is 16.2. The van der Waals surface area contributed by atoms with Gasteiger partial charge in [0.15, 0.2) is 0 Å². The molecule has 0 saturated heterocycles. The van der Waals surface area contributed by atoms with Gasteiger partial charge in [-0.2, -0.15) is 0 Å². The molecule has 92 valence electrons. The lowest BCUT2D eigenvalue weighted by Gasteiger charge is -2.10. The van der Waals surface area contributed by atoms with Crippen molar-refractivity contribution in [1.82, 2.24) is 5.32 Å². The first-order valence-corrected chi connectivity index (χ1v) is 5.54. The van der Waals surface area contributed by atoms with Crippen molar-refractivity contribution in [3.8, 4) is 0 Å². The van der Waals surface area contributed by atoms with Crippen molar-refractivity contribution in [2.75, 3.05) is 18.4 Å². The fourth-order valence-electron chi connectivity index (χ4n) is 1.36. The minimum absolute atomic E-state index is 0.152. The third-order valence-electron chi connectivity index (χ3n) is 2.16. The van der Waals surface area contributed by atoms with Crippen LogP contribution < -0.4 is 16.4 Å². The van der Waals surface area contributed by atoms with E-state index in [9.17, 15) is 9.59 Å². The molecule has 0 aliphatic heterocycles. The van der Waals surface area contributed by atoms with Gasteiger partial charge in [0.2, 0.25) is 5.91 Å². The van der Waals surface area contributed by atoms with E-state index in [2.05, 4.69) is 10.6 Å². The molecule has 5 heteroatoms. The number of rotatable bonds is 6. The Morgan fingerprint density at radius 3 is 2.65 bits per heavy atom. The summed E-state index contributed by atoms with van der Waals surface area (Å²) in [6.07, 6.45) is 0.969. The van der Waals surface area contributed by atoms with E-state index in [1.165, 1.54) is 0 Å². The molecule has 0 bridgehead atoms. The number of nitrogens with two attached hydrogens (primary N) is 1. The Bertz CT molecular complexity index is 404. The Kier molecular flexibility index (Phi) is 5.00. The van der Waals surface area contributed by atoms with Crippen LogP contribution in [0.15, 0.2) is 24.3 Å². The summed E-state index contributed by atoms with van der Waals surface area (Å²) >= 11 is 0. The van der Waals surface area contributed by atoms with E-state index in [1.807, 2.05) is 19.1 Å². The minimum Gasteiger partial charge on any atom is -0.384 e. The number of carbonyl (C=O) groups excluding carboxylic acids is 2. The molecule has 0 spiro atoms. The second kappa shape index (κ2) is 6.52. The molecule has 0 aromatic heterocycles. The third-order valence-corrected chi connectivity index (χ3v) is 2.16. The summed E-state index contributed by atoms with van der Waals surface area (Å²) in [7, 11) is 0. The second-order valence-electron chi connectivity index (χ2n) is 3.62. The number of hydrogen-bond donors (Lipinski definition) is 3. The monoisotopic (exact) mass is 235 g/mol. The number of para-hydroxylation sites is 1. The third kappa shape index (κ3) is 4.14. The fraction of sp³-hybridized carbons (Fsp3) is 0.333. The molecule has 17 heavy (non-hydrogen) atoms. The highest BCUT2D eigenvalue weighted by molar-refractivity contribution is 6.00. The average Bonchev–Trinajstić information content (AvgIpc) is 2.33. The lowest BCUT2D eigenvalue weighted by atomic mass is 10.1. The van der Waals surface area contributed by atoms with Gasteiger partial charge in [0, 0.05) is 12.2 Å². The standard InChI is InChI=1S/C12H17N3O2/c1-2-7-14-10-6-4-3-5-9(10)12(17)15-8-11(13)16/h3-6,14H,2,7-8H2,1H3,(H2,13,16)(H,15,17). The summed E-state index contributed by atoms with van der Waals surface area (Å²) < 4.78 is 0. The lowest BCUT2D eigenvalue weighted by molar-refractivity contribution is -0.117. The zero-order valence-electron chi connectivity index (χ0n) is 9.82. The predicted octanol–water partition coefficient (Wildman–Crippen LogP) is 0.724. The number of hydrogen-bond acceptors (Lipinski definition) is 3. The number of nitrogens with one attached hydrogen (secondary N) is 2. The zero-order chi connectivity index (χ0) is 12.7. The number of amides is 2. The smallest absolute Gasteiger partial charge is 0.253 e. The Morgan fingerprint density at radius 2 is 2.00 bits per heavy atom. The molecule has 0 atom stereocenters. The van der Waals surface area contributed by atoms with Gasteiger partial charge in [-0.25, -0.2) is 0 Å². The molecule has 0 aliphatic carbocycles. The first-order valence-electron chi connectivity index (χ1n) is 5.54. The highest BCUT2D eigenvalue weighted by Crippen LogP contribution is 2.14. The maximum atomic E-state index is 11.8. The molecule has 4 N–H and O–H groups in total. The number of carbonyl (C=O) groups is 2. The first kappa shape index (κ1) is 13.0. The normalized spacial score (nSPS) is 9.71. The number of benzene rings is 1. The van der Waals surface area contributed by atoms with Gasteiger partial charge in [-0.3, -0.25) is 9.59 Å². The van der Waals surface area contributed by atoms with Crippen LogP contribution in [0, 0.1) is 0 Å². The van der Waals surface area contributed by atoms with Crippen LogP contribution in [-0.4, -0.2) is 24.9 Å². The molecule has 1 aromatic rings. The Labute approximate surface area is 100 Å². The summed E-state index contributed by atoms with van der Waals surface area (Å²) in [5.74, 6) is -0.861. The van der Waals surface area contributed by atoms with E-state index in [0.717, 1.165) is 18.7 Å². The van der Waals surface area contributed by atoms with Crippen molar-refractivity contribution in [2.45, 2.75) is 13.3 Å². The van der Waals surface area contributed by atoms with Crippen LogP contribution in [0.3, 0.4) is 0 Å². The van der Waals surface area contributed by atoms with E-state index in [0.29, 0.717) is 5.56 Å². The highest BCUT2D eigenvalue weighted by Gasteiger charge is 2.10. The Balaban J connectivity index is 2.74. The van der Waals surface area contributed by atoms with Crippen molar-refractivity contribution in [3.05, 3.63) is 29.8 Å². The van der Waals surface area contributed by atoms with Crippen molar-refractivity contribution in [3.63, 3.8) is 0 Å². The fourth-order valence-corrected chi connectivity index (χ4v) is 1.36. The molecule has 0 heterocycles. The van der Waals surface area contributed by atoms with Gasteiger partial charge in [0.1, 0.15) is 0 Å². The maximum Gasteiger partial charge on any atom is 0.253 e. The SMILES string of the molecule is CCCNc1ccccc1C(=O)NCC(N)=O. The summed E-state index contributed by atoms with van der Waals surface area (Å²) in [6.45, 7) is 2.68. The molecule has 5 nitrogen and oxygen atoms in total. The zero-order valence-corrected chi connectivity index (χ0v) is 9.82. The quantitative estimate of drug-likeness (QED) is 0.679. The molecule has 1 rings (SSSR count). The van der Waals surface area contributed by atoms with Crippen LogP contribution in [0.1, 0.15) is 23.7 Å². The van der Waals surface area contributed by atoms with Gasteiger partial charge in [0.25, 0.3) is 5.91 Å². The molecule has 0 radical (unpaired) electrons. The van der Waals surface area contributed by atoms with Crippen LogP contribution >= 0.6 is 0 Å². The largest absolute Gasteiger partial charge is 0.384 e. The number of anilines is 1. The Hall–Kier alpha value is -2.04. The molecule has 2 amide bonds. The first-order chi connectivity index (χ1) is 8.15. The van der Waals surface area contributed by atoms with Gasteiger partial charge in [-0.15, -0.1) is 0 Å². The van der Waals surface area contributed by atoms with Crippen LogP contribution in [0.5, 0.6) is 0 Å². The minimum atomic E-state index is -0.558. The number of primary amides is 1. The van der Waals surface area contributed by atoms with Gasteiger partial charge < -0.3 is 16.4 Å². The van der Waals surface area contributed by atoms with Crippen molar-refractivity contribution >= 4 is 17.5 Å². The van der Waals surface area contributed by atoms with Gasteiger partial charge >= 0.3 is 0 Å². The maximum absolute atomic E-state index is 11.8. The Morgan fingerprint density at radius 1 is 1.29 bits per heavy atom.